The van der Waals surface area contributed by atoms with Gasteiger partial charge in [0.25, 0.3) is 0 Å². The molecule has 4 nitrogen and oxygen atoms in total. The van der Waals surface area contributed by atoms with Crippen LogP contribution in [0.2, 0.25) is 0 Å². The van der Waals surface area contributed by atoms with Crippen molar-refractivity contribution in [2.75, 3.05) is 5.32 Å². The van der Waals surface area contributed by atoms with Crippen LogP contribution < -0.4 is 5.32 Å². The molecule has 0 heterocycles. The van der Waals surface area contributed by atoms with Crippen LogP contribution in [0.25, 0.3) is 0 Å². The molecule has 2 bridgehead atoms. The molecule has 3 rings (SSSR count). The van der Waals surface area contributed by atoms with Gasteiger partial charge in [-0.05, 0) is 42.9 Å². The lowest BCUT2D eigenvalue weighted by Crippen LogP contribution is -2.47. The highest BCUT2D eigenvalue weighted by atomic mass is 16.2. The minimum absolute atomic E-state index is 0.345. The quantitative estimate of drug-likeness (QED) is 0.674. The van der Waals surface area contributed by atoms with E-state index in [2.05, 4.69) is 5.32 Å². The van der Waals surface area contributed by atoms with Crippen molar-refractivity contribution in [2.24, 2.45) is 16.2 Å². The summed E-state index contributed by atoms with van der Waals surface area (Å²) in [5.41, 5.74) is -0.936. The van der Waals surface area contributed by atoms with Crippen molar-refractivity contribution in [1.29, 1.82) is 0 Å². The SMILES string of the molecule is Cc1cccc(NC(=O)[C@]23CC[C@@](C)(C(=O)C2=O)C3(C)C)c1. The Kier molecular flexibility index (Phi) is 2.91. The Morgan fingerprint density at radius 1 is 1.09 bits per heavy atom. The zero-order valence-corrected chi connectivity index (χ0v) is 13.4. The van der Waals surface area contributed by atoms with Gasteiger partial charge in [0.05, 0.1) is 0 Å². The van der Waals surface area contributed by atoms with E-state index in [0.29, 0.717) is 18.5 Å². The van der Waals surface area contributed by atoms with E-state index in [1.807, 2.05) is 45.9 Å². The molecule has 0 unspecified atom stereocenters. The first kappa shape index (κ1) is 14.9. The maximum atomic E-state index is 12.9. The van der Waals surface area contributed by atoms with Gasteiger partial charge in [-0.1, -0.05) is 32.9 Å². The highest BCUT2D eigenvalue weighted by Crippen LogP contribution is 2.69. The van der Waals surface area contributed by atoms with Crippen molar-refractivity contribution < 1.29 is 14.4 Å². The summed E-state index contributed by atoms with van der Waals surface area (Å²) in [6.45, 7) is 7.51. The molecule has 2 atom stereocenters. The minimum Gasteiger partial charge on any atom is -0.325 e. The maximum Gasteiger partial charge on any atom is 0.239 e. The smallest absolute Gasteiger partial charge is 0.239 e. The normalized spacial score (nSPS) is 32.4. The third kappa shape index (κ3) is 1.50. The molecule has 2 aliphatic carbocycles. The number of nitrogens with one attached hydrogen (secondary N) is 1. The number of rotatable bonds is 2. The Morgan fingerprint density at radius 2 is 1.77 bits per heavy atom. The topological polar surface area (TPSA) is 63.2 Å². The molecule has 2 aliphatic rings. The summed E-state index contributed by atoms with van der Waals surface area (Å²) in [7, 11) is 0. The van der Waals surface area contributed by atoms with Crippen LogP contribution in [0.1, 0.15) is 39.2 Å². The summed E-state index contributed by atoms with van der Waals surface area (Å²) >= 11 is 0. The lowest BCUT2D eigenvalue weighted by atomic mass is 9.64. The van der Waals surface area contributed by atoms with Crippen LogP contribution in [0.4, 0.5) is 5.69 Å². The van der Waals surface area contributed by atoms with Gasteiger partial charge in [-0.3, -0.25) is 14.4 Å². The highest BCUT2D eigenvalue weighted by molar-refractivity contribution is 6.49. The lowest BCUT2D eigenvalue weighted by molar-refractivity contribution is -0.147. The van der Waals surface area contributed by atoms with Gasteiger partial charge in [0.1, 0.15) is 5.41 Å². The molecule has 0 aliphatic heterocycles. The lowest BCUT2D eigenvalue weighted by Gasteiger charge is -2.37. The molecule has 1 aromatic carbocycles. The van der Waals surface area contributed by atoms with E-state index in [-0.39, 0.29) is 11.7 Å². The first-order valence-electron chi connectivity index (χ1n) is 7.64. The second kappa shape index (κ2) is 4.28. The maximum absolute atomic E-state index is 12.9. The van der Waals surface area contributed by atoms with Gasteiger partial charge in [-0.15, -0.1) is 0 Å². The van der Waals surface area contributed by atoms with Crippen molar-refractivity contribution in [3.05, 3.63) is 29.8 Å². The van der Waals surface area contributed by atoms with Crippen molar-refractivity contribution in [3.63, 3.8) is 0 Å². The molecule has 0 spiro atoms. The first-order chi connectivity index (χ1) is 10.2. The molecule has 0 aromatic heterocycles. The fraction of sp³-hybridized carbons (Fsp3) is 0.500. The number of Topliss-reactive ketones (excluding diaryl/α,β-unsaturated/α-hetero) is 2. The number of ketones is 2. The molecule has 0 saturated heterocycles. The number of aryl methyl sites for hydroxylation is 1. The summed E-state index contributed by atoms with van der Waals surface area (Å²) in [4.78, 5) is 37.9. The third-order valence-corrected chi connectivity index (χ3v) is 6.20. The fourth-order valence-electron chi connectivity index (χ4n) is 4.23. The Balaban J connectivity index is 2.01. The average Bonchev–Trinajstić information content (AvgIpc) is 2.71. The van der Waals surface area contributed by atoms with Crippen molar-refractivity contribution >= 4 is 23.2 Å². The number of hydrogen-bond acceptors (Lipinski definition) is 3. The largest absolute Gasteiger partial charge is 0.325 e. The van der Waals surface area contributed by atoms with E-state index in [1.54, 1.807) is 6.07 Å². The zero-order valence-electron chi connectivity index (χ0n) is 13.4. The van der Waals surface area contributed by atoms with Gasteiger partial charge in [-0.2, -0.15) is 0 Å². The summed E-state index contributed by atoms with van der Waals surface area (Å²) in [6, 6.07) is 7.45. The van der Waals surface area contributed by atoms with E-state index < -0.39 is 22.0 Å². The van der Waals surface area contributed by atoms with Crippen LogP contribution in [0.3, 0.4) is 0 Å². The molecule has 0 radical (unpaired) electrons. The van der Waals surface area contributed by atoms with E-state index >= 15 is 0 Å². The summed E-state index contributed by atoms with van der Waals surface area (Å²) in [5, 5.41) is 2.85. The van der Waals surface area contributed by atoms with Crippen molar-refractivity contribution in [3.8, 4) is 0 Å². The molecule has 1 aromatic rings. The van der Waals surface area contributed by atoms with Crippen LogP contribution >= 0.6 is 0 Å². The number of carbonyl (C=O) groups excluding carboxylic acids is 3. The second-order valence-corrected chi connectivity index (χ2v) is 7.34. The summed E-state index contributed by atoms with van der Waals surface area (Å²) in [5.74, 6) is -1.25. The van der Waals surface area contributed by atoms with Crippen LogP contribution in [0.15, 0.2) is 24.3 Å². The van der Waals surface area contributed by atoms with Gasteiger partial charge in [0.2, 0.25) is 17.5 Å². The number of anilines is 1. The Hall–Kier alpha value is -1.97. The average molecular weight is 299 g/mol. The van der Waals surface area contributed by atoms with E-state index in [9.17, 15) is 14.4 Å². The number of benzene rings is 1. The Bertz CT molecular complexity index is 706. The summed E-state index contributed by atoms with van der Waals surface area (Å²) < 4.78 is 0. The molecular formula is C18H21NO3. The van der Waals surface area contributed by atoms with E-state index in [4.69, 9.17) is 0 Å². The van der Waals surface area contributed by atoms with Gasteiger partial charge in [0, 0.05) is 11.1 Å². The van der Waals surface area contributed by atoms with Gasteiger partial charge < -0.3 is 5.32 Å². The predicted molar refractivity (Wildman–Crippen MR) is 83.4 cm³/mol. The first-order valence-corrected chi connectivity index (χ1v) is 7.64. The molecule has 1 N–H and O–H groups in total. The zero-order chi connectivity index (χ0) is 16.3. The number of fused-ring (bicyclic) bond motifs is 2. The van der Waals surface area contributed by atoms with Crippen LogP contribution in [0, 0.1) is 23.2 Å². The molecular weight excluding hydrogens is 278 g/mol. The molecule has 1 amide bonds. The summed E-state index contributed by atoms with van der Waals surface area (Å²) in [6.07, 6.45) is 1.03. The fourth-order valence-corrected chi connectivity index (χ4v) is 4.23. The number of carbonyl (C=O) groups is 3. The minimum atomic E-state index is -1.23. The standard InChI is InChI=1S/C18H21NO3/c1-11-6-5-7-12(10-11)19-15(22)18-9-8-17(4,16(18,2)3)13(20)14(18)21/h5-7,10H,8-9H2,1-4H3,(H,19,22)/t17-,18-/m0/s1. The monoisotopic (exact) mass is 299 g/mol. The molecule has 116 valence electrons. The van der Waals surface area contributed by atoms with E-state index in [0.717, 1.165) is 5.56 Å². The predicted octanol–water partition coefficient (Wildman–Crippen LogP) is 2.90. The molecule has 22 heavy (non-hydrogen) atoms. The van der Waals surface area contributed by atoms with Crippen molar-refractivity contribution in [2.45, 2.75) is 40.5 Å². The van der Waals surface area contributed by atoms with E-state index in [1.165, 1.54) is 0 Å². The molecule has 2 saturated carbocycles. The van der Waals surface area contributed by atoms with Crippen LogP contribution in [-0.4, -0.2) is 17.5 Å². The van der Waals surface area contributed by atoms with Crippen LogP contribution in [0.5, 0.6) is 0 Å². The Morgan fingerprint density at radius 3 is 2.32 bits per heavy atom. The number of hydrogen-bond donors (Lipinski definition) is 1. The van der Waals surface area contributed by atoms with Crippen LogP contribution in [-0.2, 0) is 14.4 Å². The molecule has 2 fully saturated rings. The Labute approximate surface area is 130 Å². The third-order valence-electron chi connectivity index (χ3n) is 6.20. The van der Waals surface area contributed by atoms with Crippen molar-refractivity contribution in [1.82, 2.24) is 0 Å². The molecule has 4 heteroatoms. The van der Waals surface area contributed by atoms with Gasteiger partial charge in [-0.25, -0.2) is 0 Å². The number of amides is 1. The van der Waals surface area contributed by atoms with Gasteiger partial charge >= 0.3 is 0 Å². The second-order valence-electron chi connectivity index (χ2n) is 7.34. The van der Waals surface area contributed by atoms with Gasteiger partial charge in [0.15, 0.2) is 0 Å². The highest BCUT2D eigenvalue weighted by Gasteiger charge is 2.77.